The average Bonchev–Trinajstić information content (AvgIpc) is 2.16. The standard InChI is InChI=1S/C11H17NO/c1-8(2)11(12)9-5-4-6-10(7-9)13-3/h4-8,11H,12H2,1-3H3. The van der Waals surface area contributed by atoms with Crippen molar-refractivity contribution in [1.29, 1.82) is 0 Å². The molecular formula is C11H17NO. The maximum absolute atomic E-state index is 6.01. The summed E-state index contributed by atoms with van der Waals surface area (Å²) in [6.45, 7) is 4.23. The Balaban J connectivity index is 2.88. The van der Waals surface area contributed by atoms with Crippen LogP contribution < -0.4 is 10.5 Å². The van der Waals surface area contributed by atoms with Gasteiger partial charge in [0, 0.05) is 6.04 Å². The molecule has 0 aliphatic rings. The Morgan fingerprint density at radius 1 is 1.31 bits per heavy atom. The molecule has 1 aromatic rings. The number of benzene rings is 1. The van der Waals surface area contributed by atoms with E-state index in [1.54, 1.807) is 7.11 Å². The molecule has 1 aromatic carbocycles. The van der Waals surface area contributed by atoms with Gasteiger partial charge in [-0.15, -0.1) is 0 Å². The molecule has 0 fully saturated rings. The van der Waals surface area contributed by atoms with Gasteiger partial charge in [-0.05, 0) is 23.6 Å². The van der Waals surface area contributed by atoms with Crippen LogP contribution in [0, 0.1) is 5.92 Å². The van der Waals surface area contributed by atoms with Gasteiger partial charge in [-0.3, -0.25) is 0 Å². The fourth-order valence-corrected chi connectivity index (χ4v) is 1.23. The molecule has 1 unspecified atom stereocenters. The smallest absolute Gasteiger partial charge is 0.119 e. The monoisotopic (exact) mass is 179 g/mol. The lowest BCUT2D eigenvalue weighted by atomic mass is 9.97. The summed E-state index contributed by atoms with van der Waals surface area (Å²) in [4.78, 5) is 0. The summed E-state index contributed by atoms with van der Waals surface area (Å²) < 4.78 is 5.13. The summed E-state index contributed by atoms with van der Waals surface area (Å²) >= 11 is 0. The second-order valence-corrected chi connectivity index (χ2v) is 3.55. The van der Waals surface area contributed by atoms with Crippen molar-refractivity contribution in [3.05, 3.63) is 29.8 Å². The number of ether oxygens (including phenoxy) is 1. The lowest BCUT2D eigenvalue weighted by Gasteiger charge is -2.16. The van der Waals surface area contributed by atoms with Crippen molar-refractivity contribution < 1.29 is 4.74 Å². The van der Waals surface area contributed by atoms with Crippen molar-refractivity contribution in [2.75, 3.05) is 7.11 Å². The quantitative estimate of drug-likeness (QED) is 0.773. The molecule has 2 nitrogen and oxygen atoms in total. The number of nitrogens with two attached hydrogens (primary N) is 1. The van der Waals surface area contributed by atoms with Crippen LogP contribution in [0.3, 0.4) is 0 Å². The molecule has 0 aromatic heterocycles. The predicted molar refractivity (Wildman–Crippen MR) is 54.8 cm³/mol. The third kappa shape index (κ3) is 2.46. The minimum Gasteiger partial charge on any atom is -0.497 e. The Hall–Kier alpha value is -1.02. The number of methoxy groups -OCH3 is 1. The van der Waals surface area contributed by atoms with Crippen molar-refractivity contribution in [3.63, 3.8) is 0 Å². The number of rotatable bonds is 3. The summed E-state index contributed by atoms with van der Waals surface area (Å²) in [5.41, 5.74) is 7.14. The minimum atomic E-state index is 0.0927. The fourth-order valence-electron chi connectivity index (χ4n) is 1.23. The molecule has 0 heterocycles. The van der Waals surface area contributed by atoms with E-state index < -0.39 is 0 Å². The highest BCUT2D eigenvalue weighted by molar-refractivity contribution is 5.30. The first-order valence-electron chi connectivity index (χ1n) is 4.54. The van der Waals surface area contributed by atoms with Crippen LogP contribution in [0.25, 0.3) is 0 Å². The van der Waals surface area contributed by atoms with Crippen molar-refractivity contribution in [2.45, 2.75) is 19.9 Å². The zero-order valence-corrected chi connectivity index (χ0v) is 8.45. The lowest BCUT2D eigenvalue weighted by Crippen LogP contribution is -2.16. The van der Waals surface area contributed by atoms with Crippen LogP contribution >= 0.6 is 0 Å². The van der Waals surface area contributed by atoms with E-state index in [9.17, 15) is 0 Å². The second kappa shape index (κ2) is 4.28. The zero-order chi connectivity index (χ0) is 9.84. The maximum atomic E-state index is 6.01. The van der Waals surface area contributed by atoms with E-state index in [2.05, 4.69) is 13.8 Å². The maximum Gasteiger partial charge on any atom is 0.119 e. The van der Waals surface area contributed by atoms with Gasteiger partial charge in [-0.2, -0.15) is 0 Å². The van der Waals surface area contributed by atoms with E-state index in [1.807, 2.05) is 24.3 Å². The molecule has 0 radical (unpaired) electrons. The molecule has 1 rings (SSSR count). The topological polar surface area (TPSA) is 35.2 Å². The highest BCUT2D eigenvalue weighted by atomic mass is 16.5. The summed E-state index contributed by atoms with van der Waals surface area (Å²) in [7, 11) is 1.67. The molecule has 0 saturated heterocycles. The van der Waals surface area contributed by atoms with Crippen LogP contribution in [0.2, 0.25) is 0 Å². The van der Waals surface area contributed by atoms with Crippen molar-refractivity contribution in [1.82, 2.24) is 0 Å². The first-order chi connectivity index (χ1) is 6.15. The van der Waals surface area contributed by atoms with E-state index in [0.29, 0.717) is 5.92 Å². The molecule has 2 N–H and O–H groups in total. The summed E-state index contributed by atoms with van der Waals surface area (Å²) in [5, 5.41) is 0. The molecule has 0 bridgehead atoms. The Morgan fingerprint density at radius 2 is 2.00 bits per heavy atom. The van der Waals surface area contributed by atoms with Crippen LogP contribution in [-0.4, -0.2) is 7.11 Å². The molecule has 1 atom stereocenters. The van der Waals surface area contributed by atoms with Gasteiger partial charge in [0.15, 0.2) is 0 Å². The highest BCUT2D eigenvalue weighted by Gasteiger charge is 2.10. The molecule has 0 amide bonds. The first kappa shape index (κ1) is 10.1. The van der Waals surface area contributed by atoms with Crippen LogP contribution in [0.4, 0.5) is 0 Å². The van der Waals surface area contributed by atoms with Crippen molar-refractivity contribution in [3.8, 4) is 5.75 Å². The Bertz CT molecular complexity index is 271. The molecular weight excluding hydrogens is 162 g/mol. The Kier molecular flexibility index (Phi) is 3.32. The van der Waals surface area contributed by atoms with Gasteiger partial charge in [0.25, 0.3) is 0 Å². The van der Waals surface area contributed by atoms with Gasteiger partial charge in [0.05, 0.1) is 7.11 Å². The molecule has 72 valence electrons. The second-order valence-electron chi connectivity index (χ2n) is 3.55. The Labute approximate surface area is 79.7 Å². The third-order valence-corrected chi connectivity index (χ3v) is 2.20. The minimum absolute atomic E-state index is 0.0927. The summed E-state index contributed by atoms with van der Waals surface area (Å²) in [6.07, 6.45) is 0. The summed E-state index contributed by atoms with van der Waals surface area (Å²) in [6, 6.07) is 8.01. The van der Waals surface area contributed by atoms with Gasteiger partial charge in [0.2, 0.25) is 0 Å². The van der Waals surface area contributed by atoms with Gasteiger partial charge in [-0.1, -0.05) is 26.0 Å². The van der Waals surface area contributed by atoms with Gasteiger partial charge in [-0.25, -0.2) is 0 Å². The lowest BCUT2D eigenvalue weighted by molar-refractivity contribution is 0.412. The van der Waals surface area contributed by atoms with Crippen molar-refractivity contribution in [2.24, 2.45) is 11.7 Å². The fraction of sp³-hybridized carbons (Fsp3) is 0.455. The van der Waals surface area contributed by atoms with Crippen LogP contribution in [0.1, 0.15) is 25.5 Å². The normalized spacial score (nSPS) is 13.0. The van der Waals surface area contributed by atoms with Crippen LogP contribution in [0.5, 0.6) is 5.75 Å². The van der Waals surface area contributed by atoms with Crippen LogP contribution in [-0.2, 0) is 0 Å². The van der Waals surface area contributed by atoms with E-state index in [1.165, 1.54) is 0 Å². The number of hydrogen-bond donors (Lipinski definition) is 1. The van der Waals surface area contributed by atoms with Crippen LogP contribution in [0.15, 0.2) is 24.3 Å². The molecule has 0 spiro atoms. The van der Waals surface area contributed by atoms with Crippen molar-refractivity contribution >= 4 is 0 Å². The van der Waals surface area contributed by atoms with E-state index in [0.717, 1.165) is 11.3 Å². The van der Waals surface area contributed by atoms with Gasteiger partial charge >= 0.3 is 0 Å². The SMILES string of the molecule is COc1cccc(C(N)C(C)C)c1. The highest BCUT2D eigenvalue weighted by Crippen LogP contribution is 2.22. The molecule has 0 saturated carbocycles. The van der Waals surface area contributed by atoms with Gasteiger partial charge in [0.1, 0.15) is 5.75 Å². The molecule has 13 heavy (non-hydrogen) atoms. The zero-order valence-electron chi connectivity index (χ0n) is 8.45. The Morgan fingerprint density at radius 3 is 2.54 bits per heavy atom. The third-order valence-electron chi connectivity index (χ3n) is 2.20. The predicted octanol–water partition coefficient (Wildman–Crippen LogP) is 2.35. The van der Waals surface area contributed by atoms with E-state index >= 15 is 0 Å². The number of hydrogen-bond acceptors (Lipinski definition) is 2. The first-order valence-corrected chi connectivity index (χ1v) is 4.54. The molecule has 0 aliphatic heterocycles. The van der Waals surface area contributed by atoms with Gasteiger partial charge < -0.3 is 10.5 Å². The molecule has 2 heteroatoms. The molecule has 0 aliphatic carbocycles. The average molecular weight is 179 g/mol. The van der Waals surface area contributed by atoms with E-state index in [-0.39, 0.29) is 6.04 Å². The van der Waals surface area contributed by atoms with E-state index in [4.69, 9.17) is 10.5 Å². The summed E-state index contributed by atoms with van der Waals surface area (Å²) in [5.74, 6) is 1.32. The largest absolute Gasteiger partial charge is 0.497 e.